The summed E-state index contributed by atoms with van der Waals surface area (Å²) in [6, 6.07) is 3.71. The summed E-state index contributed by atoms with van der Waals surface area (Å²) < 4.78 is 0. The van der Waals surface area contributed by atoms with Crippen LogP contribution in [0.25, 0.3) is 0 Å². The number of aliphatic hydroxyl groups is 1. The number of carbonyl (C=O) groups excluding carboxylic acids is 1. The molecular weight excluding hydrogens is 172 g/mol. The Kier molecular flexibility index (Phi) is 3.00. The second-order valence-corrected chi connectivity index (χ2v) is 3.84. The van der Waals surface area contributed by atoms with Gasteiger partial charge in [0.25, 0.3) is 0 Å². The van der Waals surface area contributed by atoms with Gasteiger partial charge in [0.1, 0.15) is 5.78 Å². The summed E-state index contributed by atoms with van der Waals surface area (Å²) in [7, 11) is 0. The van der Waals surface area contributed by atoms with Gasteiger partial charge in [-0.15, -0.1) is 11.3 Å². The molecule has 2 unspecified atom stereocenters. The van der Waals surface area contributed by atoms with Crippen LogP contribution in [0.1, 0.15) is 24.8 Å². The maximum atomic E-state index is 10.9. The van der Waals surface area contributed by atoms with Crippen LogP contribution in [0.15, 0.2) is 17.5 Å². The van der Waals surface area contributed by atoms with Crippen LogP contribution in [-0.2, 0) is 4.79 Å². The maximum absolute atomic E-state index is 10.9. The van der Waals surface area contributed by atoms with Crippen molar-refractivity contribution in [3.8, 4) is 0 Å². The molecule has 0 bridgehead atoms. The highest BCUT2D eigenvalue weighted by molar-refractivity contribution is 7.10. The predicted molar refractivity (Wildman–Crippen MR) is 49.1 cm³/mol. The summed E-state index contributed by atoms with van der Waals surface area (Å²) in [6.45, 7) is 3.24. The first-order valence-electron chi connectivity index (χ1n) is 3.85. The molecule has 1 aromatic heterocycles. The van der Waals surface area contributed by atoms with Crippen molar-refractivity contribution in [3.63, 3.8) is 0 Å². The summed E-state index contributed by atoms with van der Waals surface area (Å²) in [5.41, 5.74) is 0. The van der Waals surface area contributed by atoms with Crippen molar-refractivity contribution < 1.29 is 9.90 Å². The van der Waals surface area contributed by atoms with Gasteiger partial charge in [-0.1, -0.05) is 13.0 Å². The fourth-order valence-electron chi connectivity index (χ4n) is 0.928. The van der Waals surface area contributed by atoms with Gasteiger partial charge >= 0.3 is 0 Å². The molecule has 0 spiro atoms. The van der Waals surface area contributed by atoms with Gasteiger partial charge in [0.15, 0.2) is 0 Å². The van der Waals surface area contributed by atoms with Gasteiger partial charge in [-0.25, -0.2) is 0 Å². The molecule has 0 aliphatic heterocycles. The topological polar surface area (TPSA) is 37.3 Å². The van der Waals surface area contributed by atoms with Gasteiger partial charge < -0.3 is 5.11 Å². The summed E-state index contributed by atoms with van der Waals surface area (Å²) in [5, 5.41) is 11.5. The van der Waals surface area contributed by atoms with E-state index in [0.29, 0.717) is 0 Å². The molecule has 1 aromatic rings. The molecule has 3 heteroatoms. The van der Waals surface area contributed by atoms with Crippen molar-refractivity contribution in [2.75, 3.05) is 0 Å². The van der Waals surface area contributed by atoms with E-state index in [9.17, 15) is 9.90 Å². The Morgan fingerprint density at radius 2 is 2.33 bits per heavy atom. The standard InChI is InChI=1S/C9H12O2S/c1-6(7(2)10)9(11)8-4-3-5-12-8/h3-6,9,11H,1-2H3. The Bertz CT molecular complexity index is 254. The Morgan fingerprint density at radius 1 is 1.67 bits per heavy atom. The van der Waals surface area contributed by atoms with Gasteiger partial charge in [0.2, 0.25) is 0 Å². The summed E-state index contributed by atoms with van der Waals surface area (Å²) >= 11 is 1.47. The van der Waals surface area contributed by atoms with Crippen LogP contribution in [0.5, 0.6) is 0 Å². The smallest absolute Gasteiger partial charge is 0.135 e. The molecule has 12 heavy (non-hydrogen) atoms. The number of Topliss-reactive ketones (excluding diaryl/α,β-unsaturated/α-hetero) is 1. The summed E-state index contributed by atoms with van der Waals surface area (Å²) in [5.74, 6) is -0.278. The lowest BCUT2D eigenvalue weighted by molar-refractivity contribution is -0.123. The first kappa shape index (κ1) is 9.42. The lowest BCUT2D eigenvalue weighted by Crippen LogP contribution is -2.15. The van der Waals surface area contributed by atoms with Gasteiger partial charge in [-0.2, -0.15) is 0 Å². The van der Waals surface area contributed by atoms with Crippen LogP contribution >= 0.6 is 11.3 Å². The highest BCUT2D eigenvalue weighted by Gasteiger charge is 2.20. The number of carbonyl (C=O) groups is 1. The van der Waals surface area contributed by atoms with Crippen LogP contribution in [0.3, 0.4) is 0 Å². The molecule has 0 radical (unpaired) electrons. The molecule has 1 N–H and O–H groups in total. The fraction of sp³-hybridized carbons (Fsp3) is 0.444. The SMILES string of the molecule is CC(=O)C(C)C(O)c1cccs1. The lowest BCUT2D eigenvalue weighted by Gasteiger charge is -2.13. The molecule has 0 saturated carbocycles. The lowest BCUT2D eigenvalue weighted by atomic mass is 10.00. The van der Waals surface area contributed by atoms with E-state index >= 15 is 0 Å². The molecule has 0 amide bonds. The van der Waals surface area contributed by atoms with Crippen LogP contribution in [0.2, 0.25) is 0 Å². The molecule has 0 aliphatic rings. The van der Waals surface area contributed by atoms with Crippen LogP contribution in [0, 0.1) is 5.92 Å². The third-order valence-corrected chi connectivity index (χ3v) is 2.89. The second kappa shape index (κ2) is 3.83. The van der Waals surface area contributed by atoms with E-state index in [4.69, 9.17) is 0 Å². The monoisotopic (exact) mass is 184 g/mol. The number of thiophene rings is 1. The average molecular weight is 184 g/mol. The Labute approximate surface area is 75.9 Å². The average Bonchev–Trinajstić information content (AvgIpc) is 2.53. The van der Waals surface area contributed by atoms with Gasteiger partial charge in [-0.3, -0.25) is 4.79 Å². The van der Waals surface area contributed by atoms with Crippen LogP contribution in [0.4, 0.5) is 0 Å². The molecule has 0 aromatic carbocycles. The van der Waals surface area contributed by atoms with Gasteiger partial charge in [0, 0.05) is 10.8 Å². The normalized spacial score (nSPS) is 15.6. The van der Waals surface area contributed by atoms with Gasteiger partial charge in [-0.05, 0) is 18.4 Å². The molecule has 0 aliphatic carbocycles. The first-order chi connectivity index (χ1) is 5.63. The highest BCUT2D eigenvalue weighted by atomic mass is 32.1. The molecule has 0 fully saturated rings. The number of aliphatic hydroxyl groups excluding tert-OH is 1. The number of hydrogen-bond donors (Lipinski definition) is 1. The van der Waals surface area contributed by atoms with E-state index in [0.717, 1.165) is 4.88 Å². The van der Waals surface area contributed by atoms with Crippen molar-refractivity contribution in [1.29, 1.82) is 0 Å². The zero-order valence-electron chi connectivity index (χ0n) is 7.15. The first-order valence-corrected chi connectivity index (χ1v) is 4.73. The van der Waals surface area contributed by atoms with E-state index in [1.54, 1.807) is 6.92 Å². The molecular formula is C9H12O2S. The van der Waals surface area contributed by atoms with Crippen molar-refractivity contribution in [3.05, 3.63) is 22.4 Å². The van der Waals surface area contributed by atoms with Crippen LogP contribution < -0.4 is 0 Å². The summed E-state index contributed by atoms with van der Waals surface area (Å²) in [6.07, 6.45) is -0.637. The van der Waals surface area contributed by atoms with Crippen molar-refractivity contribution in [2.24, 2.45) is 5.92 Å². The second-order valence-electron chi connectivity index (χ2n) is 2.86. The number of ketones is 1. The van der Waals surface area contributed by atoms with E-state index in [1.807, 2.05) is 17.5 Å². The third-order valence-electron chi connectivity index (χ3n) is 1.95. The fourth-order valence-corrected chi connectivity index (χ4v) is 1.74. The van der Waals surface area contributed by atoms with Crippen molar-refractivity contribution in [1.82, 2.24) is 0 Å². The van der Waals surface area contributed by atoms with Crippen molar-refractivity contribution >= 4 is 17.1 Å². The zero-order valence-corrected chi connectivity index (χ0v) is 7.97. The zero-order chi connectivity index (χ0) is 9.14. The van der Waals surface area contributed by atoms with E-state index in [-0.39, 0.29) is 11.7 Å². The van der Waals surface area contributed by atoms with E-state index in [2.05, 4.69) is 0 Å². The quantitative estimate of drug-likeness (QED) is 0.780. The minimum atomic E-state index is -0.637. The Balaban J connectivity index is 2.71. The Hall–Kier alpha value is -0.670. The molecule has 2 nitrogen and oxygen atoms in total. The maximum Gasteiger partial charge on any atom is 0.135 e. The molecule has 1 heterocycles. The predicted octanol–water partition coefficient (Wildman–Crippen LogP) is 2.01. The molecule has 2 atom stereocenters. The number of hydrogen-bond acceptors (Lipinski definition) is 3. The molecule has 66 valence electrons. The summed E-state index contributed by atoms with van der Waals surface area (Å²) in [4.78, 5) is 11.8. The number of rotatable bonds is 3. The van der Waals surface area contributed by atoms with E-state index in [1.165, 1.54) is 18.3 Å². The minimum Gasteiger partial charge on any atom is -0.387 e. The van der Waals surface area contributed by atoms with E-state index < -0.39 is 6.10 Å². The largest absolute Gasteiger partial charge is 0.387 e. The molecule has 1 rings (SSSR count). The van der Waals surface area contributed by atoms with Crippen molar-refractivity contribution in [2.45, 2.75) is 20.0 Å². The minimum absolute atomic E-state index is 0.0240. The third kappa shape index (κ3) is 1.93. The van der Waals surface area contributed by atoms with Gasteiger partial charge in [0.05, 0.1) is 6.10 Å². The van der Waals surface area contributed by atoms with Crippen LogP contribution in [-0.4, -0.2) is 10.9 Å². The Morgan fingerprint density at radius 3 is 2.75 bits per heavy atom. The highest BCUT2D eigenvalue weighted by Crippen LogP contribution is 2.25. The molecule has 0 saturated heterocycles.